The molecule has 3 aliphatic rings. The van der Waals surface area contributed by atoms with Crippen molar-refractivity contribution in [2.75, 3.05) is 18.0 Å². The molecule has 1 aromatic carbocycles. The van der Waals surface area contributed by atoms with Crippen molar-refractivity contribution in [1.29, 1.82) is 0 Å². The number of likely N-dealkylation sites (tertiary alicyclic amines) is 1. The third-order valence-electron chi connectivity index (χ3n) is 6.86. The predicted molar refractivity (Wildman–Crippen MR) is 109 cm³/mol. The molecule has 2 bridgehead atoms. The first-order chi connectivity index (χ1) is 14.0. The molecule has 150 valence electrons. The topological polar surface area (TPSA) is 63.8 Å². The molecule has 3 aliphatic heterocycles. The summed E-state index contributed by atoms with van der Waals surface area (Å²) in [6, 6.07) is 12.9. The molecule has 2 saturated heterocycles. The van der Waals surface area contributed by atoms with E-state index in [0.717, 1.165) is 31.6 Å². The lowest BCUT2D eigenvalue weighted by atomic mass is 9.82. The van der Waals surface area contributed by atoms with Gasteiger partial charge in [0.2, 0.25) is 5.91 Å². The molecule has 1 N–H and O–H groups in total. The van der Waals surface area contributed by atoms with Gasteiger partial charge in [-0.05, 0) is 36.6 Å². The molecule has 1 aromatic heterocycles. The Hall–Kier alpha value is -2.73. The lowest BCUT2D eigenvalue weighted by Gasteiger charge is -2.41. The molecular weight excluding hydrogens is 366 g/mol. The highest BCUT2D eigenvalue weighted by Crippen LogP contribution is 2.31. The Kier molecular flexibility index (Phi) is 4.39. The Morgan fingerprint density at radius 1 is 1.03 bits per heavy atom. The fraction of sp³-hybridized carbons (Fsp3) is 0.435. The molecule has 4 heterocycles. The van der Waals surface area contributed by atoms with Crippen LogP contribution in [0.4, 0.5) is 5.69 Å². The largest absolute Gasteiger partial charge is 0.323 e. The standard InChI is InChI=1S/C23H25N3O3/c1-2-15-6-8-18(9-7-15)26-22(28)11-20(23(26)29)24-12-16-10-17(14-24)19-4-3-5-21(27)25(19)13-16/h3-9,16-17,20H,2,10-14H2,1H3/p+1/t16-,17-,20+/m1/s1. The summed E-state index contributed by atoms with van der Waals surface area (Å²) in [5.41, 5.74) is 3.00. The van der Waals surface area contributed by atoms with Gasteiger partial charge in [0, 0.05) is 30.1 Å². The summed E-state index contributed by atoms with van der Waals surface area (Å²) in [6.07, 6.45) is 2.25. The van der Waals surface area contributed by atoms with E-state index in [2.05, 4.69) is 6.92 Å². The zero-order valence-electron chi connectivity index (χ0n) is 16.6. The monoisotopic (exact) mass is 392 g/mol. The fourth-order valence-electron chi connectivity index (χ4n) is 5.44. The summed E-state index contributed by atoms with van der Waals surface area (Å²) >= 11 is 0. The van der Waals surface area contributed by atoms with Crippen LogP contribution in [0.5, 0.6) is 0 Å². The smallest absolute Gasteiger partial charge is 0.292 e. The van der Waals surface area contributed by atoms with Crippen LogP contribution in [0.1, 0.15) is 36.9 Å². The van der Waals surface area contributed by atoms with Crippen LogP contribution in [0, 0.1) is 5.92 Å². The molecule has 1 unspecified atom stereocenters. The van der Waals surface area contributed by atoms with Crippen molar-refractivity contribution in [3.8, 4) is 0 Å². The highest BCUT2D eigenvalue weighted by atomic mass is 16.2. The van der Waals surface area contributed by atoms with Gasteiger partial charge in [-0.15, -0.1) is 0 Å². The number of imide groups is 1. The number of carbonyl (C=O) groups excluding carboxylic acids is 2. The van der Waals surface area contributed by atoms with Crippen molar-refractivity contribution >= 4 is 17.5 Å². The molecule has 6 nitrogen and oxygen atoms in total. The quantitative estimate of drug-likeness (QED) is 0.784. The van der Waals surface area contributed by atoms with Crippen LogP contribution in [-0.4, -0.2) is 35.5 Å². The molecule has 2 aromatic rings. The number of rotatable bonds is 3. The maximum absolute atomic E-state index is 13.2. The van der Waals surface area contributed by atoms with E-state index in [-0.39, 0.29) is 35.8 Å². The molecule has 0 radical (unpaired) electrons. The van der Waals surface area contributed by atoms with Crippen LogP contribution in [0.25, 0.3) is 0 Å². The third kappa shape index (κ3) is 3.02. The molecule has 4 atom stereocenters. The summed E-state index contributed by atoms with van der Waals surface area (Å²) in [4.78, 5) is 40.7. The molecule has 0 aliphatic carbocycles. The predicted octanol–water partition coefficient (Wildman–Crippen LogP) is 0.745. The molecular formula is C23H26N3O3+. The number of benzene rings is 1. The van der Waals surface area contributed by atoms with Crippen LogP contribution in [0.3, 0.4) is 0 Å². The maximum Gasteiger partial charge on any atom is 0.292 e. The van der Waals surface area contributed by atoms with E-state index in [1.165, 1.54) is 15.4 Å². The Labute approximate surface area is 169 Å². The first-order valence-corrected chi connectivity index (χ1v) is 10.5. The minimum atomic E-state index is -0.319. The zero-order valence-corrected chi connectivity index (χ0v) is 16.6. The van der Waals surface area contributed by atoms with E-state index in [1.54, 1.807) is 6.07 Å². The third-order valence-corrected chi connectivity index (χ3v) is 6.86. The Bertz CT molecular complexity index is 1030. The van der Waals surface area contributed by atoms with E-state index < -0.39 is 0 Å². The molecule has 0 saturated carbocycles. The number of nitrogens with zero attached hydrogens (tertiary/aromatic N) is 2. The van der Waals surface area contributed by atoms with Crippen LogP contribution in [-0.2, 0) is 22.6 Å². The number of fused-ring (bicyclic) bond motifs is 4. The second-order valence-corrected chi connectivity index (χ2v) is 8.61. The summed E-state index contributed by atoms with van der Waals surface area (Å²) in [5, 5.41) is 0. The Morgan fingerprint density at radius 3 is 2.59 bits per heavy atom. The SMILES string of the molecule is CCc1ccc(N2C(=O)C[C@H]([NH+]3C[C@H]4C[C@H](C3)c3cccc(=O)n3C4)C2=O)cc1. The number of hydrogen-bond donors (Lipinski definition) is 1. The van der Waals surface area contributed by atoms with Gasteiger partial charge in [0.15, 0.2) is 6.04 Å². The fourth-order valence-corrected chi connectivity index (χ4v) is 5.44. The van der Waals surface area contributed by atoms with Gasteiger partial charge in [0.05, 0.1) is 25.2 Å². The number of aryl methyl sites for hydroxylation is 1. The maximum atomic E-state index is 13.2. The number of carbonyl (C=O) groups is 2. The number of pyridine rings is 1. The van der Waals surface area contributed by atoms with Gasteiger partial charge in [0.1, 0.15) is 0 Å². The van der Waals surface area contributed by atoms with Crippen molar-refractivity contribution in [1.82, 2.24) is 4.57 Å². The van der Waals surface area contributed by atoms with Gasteiger partial charge in [-0.1, -0.05) is 25.1 Å². The average molecular weight is 392 g/mol. The molecule has 2 amide bonds. The molecule has 2 fully saturated rings. The summed E-state index contributed by atoms with van der Waals surface area (Å²) in [6.45, 7) is 4.43. The molecule has 0 spiro atoms. The molecule has 29 heavy (non-hydrogen) atoms. The summed E-state index contributed by atoms with van der Waals surface area (Å²) in [7, 11) is 0. The van der Waals surface area contributed by atoms with Crippen LogP contribution >= 0.6 is 0 Å². The number of hydrogen-bond acceptors (Lipinski definition) is 3. The summed E-state index contributed by atoms with van der Waals surface area (Å²) in [5.74, 6) is 0.452. The van der Waals surface area contributed by atoms with Gasteiger partial charge in [-0.3, -0.25) is 14.4 Å². The van der Waals surface area contributed by atoms with E-state index in [4.69, 9.17) is 0 Å². The highest BCUT2D eigenvalue weighted by Gasteiger charge is 2.49. The van der Waals surface area contributed by atoms with E-state index >= 15 is 0 Å². The van der Waals surface area contributed by atoms with E-state index in [1.807, 2.05) is 41.0 Å². The number of amides is 2. The van der Waals surface area contributed by atoms with Gasteiger partial charge in [-0.25, -0.2) is 4.90 Å². The second kappa shape index (κ2) is 6.95. The normalized spacial score (nSPS) is 28.5. The number of quaternary nitrogens is 1. The first-order valence-electron chi connectivity index (χ1n) is 10.5. The van der Waals surface area contributed by atoms with Crippen LogP contribution in [0.15, 0.2) is 47.3 Å². The van der Waals surface area contributed by atoms with Crippen LogP contribution < -0.4 is 15.4 Å². The lowest BCUT2D eigenvalue weighted by Crippen LogP contribution is -3.18. The Morgan fingerprint density at radius 2 is 1.83 bits per heavy atom. The van der Waals surface area contributed by atoms with Crippen molar-refractivity contribution in [2.45, 2.75) is 44.7 Å². The highest BCUT2D eigenvalue weighted by molar-refractivity contribution is 6.21. The minimum Gasteiger partial charge on any atom is -0.323 e. The number of nitrogens with one attached hydrogen (secondary N) is 1. The molecule has 5 rings (SSSR count). The second-order valence-electron chi connectivity index (χ2n) is 8.61. The lowest BCUT2D eigenvalue weighted by molar-refractivity contribution is -0.925. The number of piperidine rings is 1. The zero-order chi connectivity index (χ0) is 20.1. The van der Waals surface area contributed by atoms with Gasteiger partial charge >= 0.3 is 0 Å². The average Bonchev–Trinajstić information content (AvgIpc) is 3.03. The summed E-state index contributed by atoms with van der Waals surface area (Å²) < 4.78 is 1.90. The van der Waals surface area contributed by atoms with E-state index in [9.17, 15) is 14.4 Å². The molecule has 6 heteroatoms. The van der Waals surface area contributed by atoms with Gasteiger partial charge in [0.25, 0.3) is 11.5 Å². The minimum absolute atomic E-state index is 0.0643. The number of aromatic nitrogens is 1. The van der Waals surface area contributed by atoms with Crippen molar-refractivity contribution in [3.05, 3.63) is 64.1 Å². The van der Waals surface area contributed by atoms with Crippen molar-refractivity contribution in [3.63, 3.8) is 0 Å². The van der Waals surface area contributed by atoms with Crippen molar-refractivity contribution in [2.24, 2.45) is 5.92 Å². The van der Waals surface area contributed by atoms with Gasteiger partial charge < -0.3 is 9.47 Å². The number of anilines is 1. The van der Waals surface area contributed by atoms with Crippen molar-refractivity contribution < 1.29 is 14.5 Å². The first kappa shape index (κ1) is 18.3. The van der Waals surface area contributed by atoms with E-state index in [0.29, 0.717) is 18.2 Å². The van der Waals surface area contributed by atoms with Crippen LogP contribution in [0.2, 0.25) is 0 Å². The Balaban J connectivity index is 1.39. The van der Waals surface area contributed by atoms with Gasteiger partial charge in [-0.2, -0.15) is 0 Å².